The molecule has 1 rings (SSSR count). The van der Waals surface area contributed by atoms with E-state index in [0.717, 1.165) is 19.8 Å². The predicted octanol–water partition coefficient (Wildman–Crippen LogP) is -0.421. The van der Waals surface area contributed by atoms with Gasteiger partial charge in [0.2, 0.25) is 0 Å². The highest BCUT2D eigenvalue weighted by Gasteiger charge is 2.22. The van der Waals surface area contributed by atoms with Gasteiger partial charge in [0.05, 0.1) is 6.61 Å². The van der Waals surface area contributed by atoms with Gasteiger partial charge < -0.3 is 14.8 Å². The molecule has 48 valence electrons. The summed E-state index contributed by atoms with van der Waals surface area (Å²) in [4.78, 5) is 0. The molecule has 0 spiro atoms. The first kappa shape index (κ1) is 6.01. The Morgan fingerprint density at radius 1 is 1.88 bits per heavy atom. The molecule has 1 N–H and O–H groups in total. The van der Waals surface area contributed by atoms with Crippen LogP contribution in [0.4, 0.5) is 0 Å². The predicted molar refractivity (Wildman–Crippen MR) is 29.6 cm³/mol. The van der Waals surface area contributed by atoms with Gasteiger partial charge in [0.15, 0.2) is 6.29 Å². The van der Waals surface area contributed by atoms with Gasteiger partial charge in [0, 0.05) is 6.54 Å². The summed E-state index contributed by atoms with van der Waals surface area (Å²) in [6.07, 6.45) is 0.114. The summed E-state index contributed by atoms with van der Waals surface area (Å²) in [5.74, 6) is 0. The van der Waals surface area contributed by atoms with Crippen LogP contribution in [0, 0.1) is 0 Å². The normalized spacial score (nSPS) is 25.9. The minimum absolute atomic E-state index is 0.114. The molecular weight excluding hydrogens is 106 g/mol. The van der Waals surface area contributed by atoms with Crippen LogP contribution < -0.4 is 5.32 Å². The number of epoxide rings is 1. The molecule has 3 nitrogen and oxygen atoms in total. The van der Waals surface area contributed by atoms with Gasteiger partial charge in [0.25, 0.3) is 0 Å². The molecular formula is C5H11NO2. The minimum atomic E-state index is 0.114. The Balaban J connectivity index is 1.74. The fraction of sp³-hybridized carbons (Fsp3) is 1.00. The summed E-state index contributed by atoms with van der Waals surface area (Å²) in [6.45, 7) is 2.44. The Hall–Kier alpha value is -0.120. The molecule has 8 heavy (non-hydrogen) atoms. The molecule has 1 heterocycles. The fourth-order valence-electron chi connectivity index (χ4n) is 0.428. The molecule has 0 bridgehead atoms. The second-order valence-corrected chi connectivity index (χ2v) is 1.74. The van der Waals surface area contributed by atoms with Crippen molar-refractivity contribution in [1.29, 1.82) is 0 Å². The smallest absolute Gasteiger partial charge is 0.181 e. The Morgan fingerprint density at radius 3 is 3.12 bits per heavy atom. The van der Waals surface area contributed by atoms with E-state index in [-0.39, 0.29) is 6.29 Å². The molecule has 1 aliphatic rings. The Morgan fingerprint density at radius 2 is 2.62 bits per heavy atom. The first-order valence-electron chi connectivity index (χ1n) is 2.81. The lowest BCUT2D eigenvalue weighted by molar-refractivity contribution is 0.0529. The van der Waals surface area contributed by atoms with Crippen LogP contribution in [0.25, 0.3) is 0 Å². The van der Waals surface area contributed by atoms with Crippen LogP contribution >= 0.6 is 0 Å². The quantitative estimate of drug-likeness (QED) is 0.401. The largest absolute Gasteiger partial charge is 0.349 e. The first-order chi connectivity index (χ1) is 3.93. The number of hydrogen-bond acceptors (Lipinski definition) is 3. The third kappa shape index (κ3) is 2.26. The molecule has 0 aromatic heterocycles. The molecule has 1 unspecified atom stereocenters. The van der Waals surface area contributed by atoms with Gasteiger partial charge in [-0.3, -0.25) is 0 Å². The van der Waals surface area contributed by atoms with Crippen LogP contribution in [-0.4, -0.2) is 33.1 Å². The highest BCUT2D eigenvalue weighted by atomic mass is 16.8. The number of rotatable bonds is 4. The lowest BCUT2D eigenvalue weighted by Gasteiger charge is -1.96. The maximum absolute atomic E-state index is 5.11. The average Bonchev–Trinajstić information content (AvgIpc) is 2.51. The Kier molecular flexibility index (Phi) is 2.27. The number of likely N-dealkylation sites (N-methyl/N-ethyl adjacent to an activating group) is 1. The molecule has 1 aliphatic heterocycles. The zero-order chi connectivity index (χ0) is 5.82. The van der Waals surface area contributed by atoms with Crippen molar-refractivity contribution in [1.82, 2.24) is 5.32 Å². The molecule has 0 amide bonds. The van der Waals surface area contributed by atoms with E-state index >= 15 is 0 Å². The van der Waals surface area contributed by atoms with Crippen molar-refractivity contribution in [2.75, 3.05) is 26.8 Å². The molecule has 0 aliphatic carbocycles. The zero-order valence-electron chi connectivity index (χ0n) is 5.02. The van der Waals surface area contributed by atoms with Crippen molar-refractivity contribution < 1.29 is 9.47 Å². The maximum atomic E-state index is 5.11. The van der Waals surface area contributed by atoms with E-state index in [9.17, 15) is 0 Å². The van der Waals surface area contributed by atoms with Crippen LogP contribution in [0.5, 0.6) is 0 Å². The van der Waals surface area contributed by atoms with E-state index in [1.54, 1.807) is 0 Å². The summed E-state index contributed by atoms with van der Waals surface area (Å²) >= 11 is 0. The van der Waals surface area contributed by atoms with Crippen molar-refractivity contribution >= 4 is 0 Å². The summed E-state index contributed by atoms with van der Waals surface area (Å²) in [7, 11) is 1.90. The first-order valence-corrected chi connectivity index (χ1v) is 2.81. The Labute approximate surface area is 49.0 Å². The van der Waals surface area contributed by atoms with Crippen LogP contribution in [0.15, 0.2) is 0 Å². The highest BCUT2D eigenvalue weighted by Crippen LogP contribution is 2.08. The summed E-state index contributed by atoms with van der Waals surface area (Å²) in [5, 5.41) is 2.97. The molecule has 0 saturated carbocycles. The molecule has 0 aromatic rings. The van der Waals surface area contributed by atoms with Crippen molar-refractivity contribution in [3.05, 3.63) is 0 Å². The average molecular weight is 117 g/mol. The van der Waals surface area contributed by atoms with Crippen molar-refractivity contribution in [3.8, 4) is 0 Å². The SMILES string of the molecule is CNCCOC1CO1. The van der Waals surface area contributed by atoms with Gasteiger partial charge >= 0.3 is 0 Å². The zero-order valence-corrected chi connectivity index (χ0v) is 5.02. The van der Waals surface area contributed by atoms with E-state index in [1.807, 2.05) is 7.05 Å². The van der Waals surface area contributed by atoms with Crippen molar-refractivity contribution in [2.24, 2.45) is 0 Å². The summed E-state index contributed by atoms with van der Waals surface area (Å²) in [5.41, 5.74) is 0. The lowest BCUT2D eigenvalue weighted by Crippen LogP contribution is -2.14. The monoisotopic (exact) mass is 117 g/mol. The standard InChI is InChI=1S/C5H11NO2/c1-6-2-3-7-5-4-8-5/h5-6H,2-4H2,1H3. The Bertz CT molecular complexity index is 63.4. The van der Waals surface area contributed by atoms with E-state index < -0.39 is 0 Å². The summed E-state index contributed by atoms with van der Waals surface area (Å²) in [6, 6.07) is 0. The lowest BCUT2D eigenvalue weighted by atomic mass is 10.7. The van der Waals surface area contributed by atoms with Gasteiger partial charge in [-0.1, -0.05) is 0 Å². The van der Waals surface area contributed by atoms with Gasteiger partial charge in [0.1, 0.15) is 6.61 Å². The second-order valence-electron chi connectivity index (χ2n) is 1.74. The van der Waals surface area contributed by atoms with Gasteiger partial charge in [-0.25, -0.2) is 0 Å². The highest BCUT2D eigenvalue weighted by molar-refractivity contribution is 4.54. The molecule has 0 radical (unpaired) electrons. The second kappa shape index (κ2) is 3.02. The molecule has 1 saturated heterocycles. The van der Waals surface area contributed by atoms with Crippen LogP contribution in [0.3, 0.4) is 0 Å². The minimum Gasteiger partial charge on any atom is -0.349 e. The van der Waals surface area contributed by atoms with Gasteiger partial charge in [-0.15, -0.1) is 0 Å². The third-order valence-electron chi connectivity index (χ3n) is 0.959. The molecule has 1 fully saturated rings. The molecule has 3 heteroatoms. The van der Waals surface area contributed by atoms with Crippen LogP contribution in [0.2, 0.25) is 0 Å². The maximum Gasteiger partial charge on any atom is 0.181 e. The van der Waals surface area contributed by atoms with E-state index in [1.165, 1.54) is 0 Å². The van der Waals surface area contributed by atoms with Crippen molar-refractivity contribution in [3.63, 3.8) is 0 Å². The van der Waals surface area contributed by atoms with Gasteiger partial charge in [-0.05, 0) is 7.05 Å². The summed E-state index contributed by atoms with van der Waals surface area (Å²) < 4.78 is 9.91. The third-order valence-corrected chi connectivity index (χ3v) is 0.959. The van der Waals surface area contributed by atoms with Crippen molar-refractivity contribution in [2.45, 2.75) is 6.29 Å². The van der Waals surface area contributed by atoms with Gasteiger partial charge in [-0.2, -0.15) is 0 Å². The van der Waals surface area contributed by atoms with E-state index in [4.69, 9.17) is 9.47 Å². The molecule has 0 aromatic carbocycles. The number of hydrogen-bond donors (Lipinski definition) is 1. The van der Waals surface area contributed by atoms with Crippen LogP contribution in [-0.2, 0) is 9.47 Å². The number of ether oxygens (including phenoxy) is 2. The molecule has 1 atom stereocenters. The van der Waals surface area contributed by atoms with Crippen LogP contribution in [0.1, 0.15) is 0 Å². The number of nitrogens with one attached hydrogen (secondary N) is 1. The van der Waals surface area contributed by atoms with E-state index in [0.29, 0.717) is 0 Å². The fourth-order valence-corrected chi connectivity index (χ4v) is 0.428. The topological polar surface area (TPSA) is 33.8 Å². The van der Waals surface area contributed by atoms with E-state index in [2.05, 4.69) is 5.32 Å².